The molecule has 0 amide bonds. The summed E-state index contributed by atoms with van der Waals surface area (Å²) in [7, 11) is -3.58. The molecule has 0 aliphatic rings. The van der Waals surface area contributed by atoms with Gasteiger partial charge in [-0.1, -0.05) is 18.2 Å². The van der Waals surface area contributed by atoms with Crippen LogP contribution in [0, 0.1) is 0 Å². The summed E-state index contributed by atoms with van der Waals surface area (Å²) in [4.78, 5) is 2.53. The lowest BCUT2D eigenvalue weighted by atomic mass is 10.2. The maximum absolute atomic E-state index is 12.4. The van der Waals surface area contributed by atoms with Gasteiger partial charge in [0.05, 0.1) is 4.90 Å². The standard InChI is InChI=1S/C22H25N3O2S/c1-3-25(4-2)21-16-14-19(15-17-21)23-18-10-12-20(13-11-18)24-28(26,27)22-8-6-5-7-9-22/h5-17,23-24H,3-4H2,1-2H3. The molecule has 0 radical (unpaired) electrons. The maximum atomic E-state index is 12.4. The minimum Gasteiger partial charge on any atom is -0.372 e. The Labute approximate surface area is 167 Å². The van der Waals surface area contributed by atoms with Crippen LogP contribution in [0.25, 0.3) is 0 Å². The third-order valence-corrected chi connectivity index (χ3v) is 5.87. The van der Waals surface area contributed by atoms with E-state index in [9.17, 15) is 8.42 Å². The molecule has 3 rings (SSSR count). The molecule has 0 fully saturated rings. The Balaban J connectivity index is 1.66. The Morgan fingerprint density at radius 1 is 0.714 bits per heavy atom. The minimum absolute atomic E-state index is 0.241. The minimum atomic E-state index is -3.58. The van der Waals surface area contributed by atoms with Crippen molar-refractivity contribution in [3.05, 3.63) is 78.9 Å². The fourth-order valence-corrected chi connectivity index (χ4v) is 4.03. The van der Waals surface area contributed by atoms with E-state index in [4.69, 9.17) is 0 Å². The van der Waals surface area contributed by atoms with E-state index in [0.29, 0.717) is 5.69 Å². The van der Waals surface area contributed by atoms with Gasteiger partial charge < -0.3 is 10.2 Å². The van der Waals surface area contributed by atoms with E-state index >= 15 is 0 Å². The highest BCUT2D eigenvalue weighted by atomic mass is 32.2. The molecule has 0 atom stereocenters. The van der Waals surface area contributed by atoms with E-state index in [1.54, 1.807) is 42.5 Å². The Morgan fingerprint density at radius 2 is 1.21 bits per heavy atom. The highest BCUT2D eigenvalue weighted by Crippen LogP contribution is 2.23. The lowest BCUT2D eigenvalue weighted by Crippen LogP contribution is -2.21. The van der Waals surface area contributed by atoms with Crippen LogP contribution in [0.15, 0.2) is 83.8 Å². The fourth-order valence-electron chi connectivity index (χ4n) is 2.95. The van der Waals surface area contributed by atoms with Gasteiger partial charge in [0.25, 0.3) is 10.0 Å². The van der Waals surface area contributed by atoms with E-state index in [2.05, 4.69) is 40.9 Å². The number of rotatable bonds is 8. The fraction of sp³-hybridized carbons (Fsp3) is 0.182. The Hall–Kier alpha value is -2.99. The van der Waals surface area contributed by atoms with E-state index in [1.807, 2.05) is 24.3 Å². The van der Waals surface area contributed by atoms with Gasteiger partial charge in [-0.3, -0.25) is 4.72 Å². The zero-order valence-electron chi connectivity index (χ0n) is 16.1. The number of nitrogens with zero attached hydrogens (tertiary/aromatic N) is 1. The number of anilines is 4. The van der Waals surface area contributed by atoms with Crippen LogP contribution in [0.1, 0.15) is 13.8 Å². The first kappa shape index (κ1) is 19.8. The largest absolute Gasteiger partial charge is 0.372 e. The number of hydrogen-bond acceptors (Lipinski definition) is 4. The first-order chi connectivity index (χ1) is 13.5. The molecule has 0 spiro atoms. The molecule has 146 valence electrons. The Bertz CT molecular complexity index is 982. The van der Waals surface area contributed by atoms with Crippen molar-refractivity contribution in [1.82, 2.24) is 0 Å². The molecular formula is C22H25N3O2S. The molecule has 3 aromatic carbocycles. The summed E-state index contributed by atoms with van der Waals surface area (Å²) < 4.78 is 27.4. The Kier molecular flexibility index (Phi) is 6.21. The van der Waals surface area contributed by atoms with Crippen molar-refractivity contribution in [3.8, 4) is 0 Å². The van der Waals surface area contributed by atoms with Gasteiger partial charge in [-0.25, -0.2) is 8.42 Å². The van der Waals surface area contributed by atoms with Crippen LogP contribution in [0.2, 0.25) is 0 Å². The van der Waals surface area contributed by atoms with Crippen LogP contribution in [-0.2, 0) is 10.0 Å². The smallest absolute Gasteiger partial charge is 0.261 e. The molecule has 0 aliphatic carbocycles. The van der Waals surface area contributed by atoms with Crippen molar-refractivity contribution in [3.63, 3.8) is 0 Å². The van der Waals surface area contributed by atoms with Crippen molar-refractivity contribution >= 4 is 32.8 Å². The Morgan fingerprint density at radius 3 is 1.75 bits per heavy atom. The highest BCUT2D eigenvalue weighted by Gasteiger charge is 2.13. The van der Waals surface area contributed by atoms with E-state index in [1.165, 1.54) is 5.69 Å². The van der Waals surface area contributed by atoms with Crippen molar-refractivity contribution < 1.29 is 8.42 Å². The number of benzene rings is 3. The van der Waals surface area contributed by atoms with E-state index in [0.717, 1.165) is 24.5 Å². The second kappa shape index (κ2) is 8.80. The van der Waals surface area contributed by atoms with Gasteiger partial charge in [0, 0.05) is 35.8 Å². The zero-order valence-corrected chi connectivity index (χ0v) is 16.9. The lowest BCUT2D eigenvalue weighted by Gasteiger charge is -2.21. The monoisotopic (exact) mass is 395 g/mol. The van der Waals surface area contributed by atoms with Gasteiger partial charge in [0.15, 0.2) is 0 Å². The van der Waals surface area contributed by atoms with Crippen molar-refractivity contribution in [2.24, 2.45) is 0 Å². The summed E-state index contributed by atoms with van der Waals surface area (Å²) in [5, 5.41) is 3.33. The second-order valence-corrected chi connectivity index (χ2v) is 8.02. The van der Waals surface area contributed by atoms with Crippen LogP contribution in [0.5, 0.6) is 0 Å². The third kappa shape index (κ3) is 4.84. The van der Waals surface area contributed by atoms with E-state index in [-0.39, 0.29) is 4.90 Å². The molecule has 3 aromatic rings. The van der Waals surface area contributed by atoms with Crippen LogP contribution >= 0.6 is 0 Å². The van der Waals surface area contributed by atoms with Crippen molar-refractivity contribution in [2.45, 2.75) is 18.7 Å². The molecule has 0 aliphatic heterocycles. The average molecular weight is 396 g/mol. The van der Waals surface area contributed by atoms with Gasteiger partial charge in [-0.05, 0) is 74.5 Å². The van der Waals surface area contributed by atoms with Crippen LogP contribution < -0.4 is 14.9 Å². The summed E-state index contributed by atoms with van der Waals surface area (Å²) >= 11 is 0. The van der Waals surface area contributed by atoms with Crippen LogP contribution in [0.4, 0.5) is 22.7 Å². The molecular weight excluding hydrogens is 370 g/mol. The van der Waals surface area contributed by atoms with Gasteiger partial charge >= 0.3 is 0 Å². The summed E-state index contributed by atoms with van der Waals surface area (Å²) in [5.41, 5.74) is 3.58. The highest BCUT2D eigenvalue weighted by molar-refractivity contribution is 7.92. The van der Waals surface area contributed by atoms with Gasteiger partial charge in [-0.15, -0.1) is 0 Å². The van der Waals surface area contributed by atoms with Gasteiger partial charge in [0.1, 0.15) is 0 Å². The zero-order chi connectivity index (χ0) is 20.0. The number of nitrogens with one attached hydrogen (secondary N) is 2. The number of sulfonamides is 1. The third-order valence-electron chi connectivity index (χ3n) is 4.48. The normalized spacial score (nSPS) is 11.1. The molecule has 0 unspecified atom stereocenters. The molecule has 0 heterocycles. The summed E-state index contributed by atoms with van der Waals surface area (Å²) in [5.74, 6) is 0. The first-order valence-electron chi connectivity index (χ1n) is 9.32. The van der Waals surface area contributed by atoms with Crippen molar-refractivity contribution in [1.29, 1.82) is 0 Å². The SMILES string of the molecule is CCN(CC)c1ccc(Nc2ccc(NS(=O)(=O)c3ccccc3)cc2)cc1. The molecule has 0 saturated carbocycles. The summed E-state index contributed by atoms with van der Waals surface area (Å²) in [6.07, 6.45) is 0. The van der Waals surface area contributed by atoms with E-state index < -0.39 is 10.0 Å². The summed E-state index contributed by atoms with van der Waals surface area (Å²) in [6, 6.07) is 23.8. The predicted molar refractivity (Wildman–Crippen MR) is 117 cm³/mol. The van der Waals surface area contributed by atoms with Crippen LogP contribution in [-0.4, -0.2) is 21.5 Å². The molecule has 2 N–H and O–H groups in total. The first-order valence-corrected chi connectivity index (χ1v) is 10.8. The average Bonchev–Trinajstić information content (AvgIpc) is 2.72. The maximum Gasteiger partial charge on any atom is 0.261 e. The molecule has 0 aromatic heterocycles. The summed E-state index contributed by atoms with van der Waals surface area (Å²) in [6.45, 7) is 6.24. The number of hydrogen-bond donors (Lipinski definition) is 2. The topological polar surface area (TPSA) is 61.4 Å². The molecule has 28 heavy (non-hydrogen) atoms. The van der Waals surface area contributed by atoms with Gasteiger partial charge in [0.2, 0.25) is 0 Å². The van der Waals surface area contributed by atoms with Crippen molar-refractivity contribution in [2.75, 3.05) is 28.0 Å². The lowest BCUT2D eigenvalue weighted by molar-refractivity contribution is 0.601. The quantitative estimate of drug-likeness (QED) is 0.558. The molecule has 5 nitrogen and oxygen atoms in total. The molecule has 0 bridgehead atoms. The van der Waals surface area contributed by atoms with Gasteiger partial charge in [-0.2, -0.15) is 0 Å². The predicted octanol–water partition coefficient (Wildman–Crippen LogP) is 5.08. The van der Waals surface area contributed by atoms with Crippen LogP contribution in [0.3, 0.4) is 0 Å². The molecule has 6 heteroatoms. The molecule has 0 saturated heterocycles. The second-order valence-electron chi connectivity index (χ2n) is 6.34.